The molecule has 0 unspecified atom stereocenters. The number of rotatable bonds is 5. The van der Waals surface area contributed by atoms with Crippen molar-refractivity contribution in [2.45, 2.75) is 6.92 Å². The maximum Gasteiger partial charge on any atom is 0.279 e. The van der Waals surface area contributed by atoms with E-state index in [0.717, 1.165) is 32.1 Å². The first-order chi connectivity index (χ1) is 12.1. The molecule has 2 N–H and O–H groups in total. The standard InChI is InChI=1S/C18H21N5O2/c1-14(24)15-3-5-16(6-4-15)21-17(25)13-22-9-11-23(12-10-22)18-19-7-2-8-20-18/h2-8H,9-13H2,1H3,(H,21,25)/p+1. The number of hydrogen-bond acceptors (Lipinski definition) is 5. The third-order valence-electron chi connectivity index (χ3n) is 4.29. The number of benzene rings is 1. The van der Waals surface area contributed by atoms with E-state index in [0.29, 0.717) is 17.8 Å². The third kappa shape index (κ3) is 4.60. The number of carbonyl (C=O) groups is 2. The highest BCUT2D eigenvalue weighted by molar-refractivity contribution is 5.95. The summed E-state index contributed by atoms with van der Waals surface area (Å²) in [5, 5.41) is 2.89. The van der Waals surface area contributed by atoms with Crippen LogP contribution in [0, 0.1) is 0 Å². The molecule has 7 nitrogen and oxygen atoms in total. The molecule has 7 heteroatoms. The number of aromatic nitrogens is 2. The Labute approximate surface area is 146 Å². The van der Waals surface area contributed by atoms with Crippen LogP contribution < -0.4 is 15.1 Å². The number of ketones is 1. The predicted octanol–water partition coefficient (Wildman–Crippen LogP) is 0.0228. The highest BCUT2D eigenvalue weighted by atomic mass is 16.2. The van der Waals surface area contributed by atoms with Gasteiger partial charge in [0.15, 0.2) is 12.3 Å². The summed E-state index contributed by atoms with van der Waals surface area (Å²) in [5.74, 6) is 0.745. The second-order valence-corrected chi connectivity index (χ2v) is 6.14. The Bertz CT molecular complexity index is 725. The van der Waals surface area contributed by atoms with Crippen molar-refractivity contribution in [1.82, 2.24) is 9.97 Å². The molecule has 3 rings (SSSR count). The minimum absolute atomic E-state index is 0.0163. The number of carbonyl (C=O) groups excluding carboxylic acids is 2. The zero-order valence-electron chi connectivity index (χ0n) is 14.2. The lowest BCUT2D eigenvalue weighted by molar-refractivity contribution is -0.892. The van der Waals surface area contributed by atoms with Crippen LogP contribution in [-0.4, -0.2) is 54.4 Å². The summed E-state index contributed by atoms with van der Waals surface area (Å²) in [6.45, 7) is 5.36. The lowest BCUT2D eigenvalue weighted by atomic mass is 10.1. The van der Waals surface area contributed by atoms with Crippen molar-refractivity contribution >= 4 is 23.3 Å². The van der Waals surface area contributed by atoms with Crippen LogP contribution in [0.2, 0.25) is 0 Å². The fourth-order valence-electron chi connectivity index (χ4n) is 2.87. The molecule has 0 spiro atoms. The molecular weight excluding hydrogens is 318 g/mol. The van der Waals surface area contributed by atoms with E-state index in [1.807, 2.05) is 0 Å². The van der Waals surface area contributed by atoms with E-state index in [-0.39, 0.29) is 11.7 Å². The third-order valence-corrected chi connectivity index (χ3v) is 4.29. The van der Waals surface area contributed by atoms with Gasteiger partial charge in [0.2, 0.25) is 5.95 Å². The number of quaternary nitrogens is 1. The van der Waals surface area contributed by atoms with Gasteiger partial charge in [-0.05, 0) is 37.3 Å². The number of Topliss-reactive ketones (excluding diaryl/α,β-unsaturated/α-hetero) is 1. The average molecular weight is 340 g/mol. The number of amides is 1. The molecule has 1 aliphatic rings. The number of anilines is 2. The van der Waals surface area contributed by atoms with Crippen LogP contribution in [0.15, 0.2) is 42.7 Å². The second-order valence-electron chi connectivity index (χ2n) is 6.14. The number of nitrogens with zero attached hydrogens (tertiary/aromatic N) is 3. The van der Waals surface area contributed by atoms with E-state index in [2.05, 4.69) is 20.2 Å². The molecule has 1 amide bonds. The van der Waals surface area contributed by atoms with Crippen molar-refractivity contribution in [1.29, 1.82) is 0 Å². The van der Waals surface area contributed by atoms with Gasteiger partial charge in [0.25, 0.3) is 5.91 Å². The van der Waals surface area contributed by atoms with Crippen molar-refractivity contribution in [3.8, 4) is 0 Å². The van der Waals surface area contributed by atoms with Gasteiger partial charge >= 0.3 is 0 Å². The van der Waals surface area contributed by atoms with Crippen molar-refractivity contribution in [2.24, 2.45) is 0 Å². The quantitative estimate of drug-likeness (QED) is 0.751. The van der Waals surface area contributed by atoms with E-state index in [9.17, 15) is 9.59 Å². The monoisotopic (exact) mass is 340 g/mol. The van der Waals surface area contributed by atoms with E-state index in [1.54, 1.807) is 42.7 Å². The van der Waals surface area contributed by atoms with Crippen LogP contribution in [0.5, 0.6) is 0 Å². The minimum Gasteiger partial charge on any atom is -0.330 e. The molecule has 1 saturated heterocycles. The fourth-order valence-corrected chi connectivity index (χ4v) is 2.87. The van der Waals surface area contributed by atoms with E-state index >= 15 is 0 Å². The maximum absolute atomic E-state index is 12.2. The van der Waals surface area contributed by atoms with Gasteiger partial charge in [0.05, 0.1) is 26.2 Å². The van der Waals surface area contributed by atoms with Crippen molar-refractivity contribution in [2.75, 3.05) is 42.9 Å². The SMILES string of the molecule is CC(=O)c1ccc(NC(=O)C[NH+]2CCN(c3ncccn3)CC2)cc1. The topological polar surface area (TPSA) is 79.6 Å². The summed E-state index contributed by atoms with van der Waals surface area (Å²) in [4.78, 5) is 35.4. The number of piperazine rings is 1. The first-order valence-corrected chi connectivity index (χ1v) is 8.38. The molecule has 0 bridgehead atoms. The first kappa shape index (κ1) is 17.0. The Morgan fingerprint density at radius 2 is 1.76 bits per heavy atom. The Hall–Kier alpha value is -2.80. The van der Waals surface area contributed by atoms with Gasteiger partial charge in [-0.25, -0.2) is 9.97 Å². The summed E-state index contributed by atoms with van der Waals surface area (Å²) in [6.07, 6.45) is 3.48. The molecule has 0 radical (unpaired) electrons. The van der Waals surface area contributed by atoms with Crippen LogP contribution in [0.1, 0.15) is 17.3 Å². The van der Waals surface area contributed by atoms with Crippen molar-refractivity contribution < 1.29 is 14.5 Å². The second kappa shape index (κ2) is 7.85. The minimum atomic E-state index is -0.0185. The molecule has 0 saturated carbocycles. The Morgan fingerprint density at radius 3 is 2.36 bits per heavy atom. The first-order valence-electron chi connectivity index (χ1n) is 8.38. The van der Waals surface area contributed by atoms with Crippen molar-refractivity contribution in [3.63, 3.8) is 0 Å². The molecule has 2 heterocycles. The Kier molecular flexibility index (Phi) is 5.35. The van der Waals surface area contributed by atoms with Crippen LogP contribution in [0.3, 0.4) is 0 Å². The Balaban J connectivity index is 1.47. The summed E-state index contributed by atoms with van der Waals surface area (Å²) in [7, 11) is 0. The van der Waals surface area contributed by atoms with Gasteiger partial charge in [0, 0.05) is 23.6 Å². The normalized spacial score (nSPS) is 15.0. The van der Waals surface area contributed by atoms with Gasteiger partial charge in [-0.1, -0.05) is 0 Å². The highest BCUT2D eigenvalue weighted by Crippen LogP contribution is 2.09. The molecular formula is C18H22N5O2+. The smallest absolute Gasteiger partial charge is 0.279 e. The average Bonchev–Trinajstić information content (AvgIpc) is 2.63. The van der Waals surface area contributed by atoms with Crippen molar-refractivity contribution in [3.05, 3.63) is 48.3 Å². The molecule has 130 valence electrons. The lowest BCUT2D eigenvalue weighted by Crippen LogP contribution is -3.15. The molecule has 1 aromatic carbocycles. The van der Waals surface area contributed by atoms with Crippen LogP contribution in [0.4, 0.5) is 11.6 Å². The molecule has 0 aliphatic carbocycles. The summed E-state index contributed by atoms with van der Waals surface area (Å²) < 4.78 is 0. The largest absolute Gasteiger partial charge is 0.330 e. The van der Waals surface area contributed by atoms with Crippen LogP contribution in [0.25, 0.3) is 0 Å². The number of hydrogen-bond donors (Lipinski definition) is 2. The van der Waals surface area contributed by atoms with Gasteiger partial charge in [-0.15, -0.1) is 0 Å². The molecule has 1 aromatic heterocycles. The van der Waals surface area contributed by atoms with Crippen LogP contribution >= 0.6 is 0 Å². The van der Waals surface area contributed by atoms with Gasteiger partial charge in [-0.2, -0.15) is 0 Å². The highest BCUT2D eigenvalue weighted by Gasteiger charge is 2.23. The molecule has 1 fully saturated rings. The van der Waals surface area contributed by atoms with Gasteiger partial charge < -0.3 is 15.1 Å². The zero-order valence-corrected chi connectivity index (χ0v) is 14.2. The van der Waals surface area contributed by atoms with Gasteiger partial charge in [-0.3, -0.25) is 9.59 Å². The fraction of sp³-hybridized carbons (Fsp3) is 0.333. The lowest BCUT2D eigenvalue weighted by Gasteiger charge is -2.31. The summed E-state index contributed by atoms with van der Waals surface area (Å²) in [6, 6.07) is 8.77. The Morgan fingerprint density at radius 1 is 1.12 bits per heavy atom. The molecule has 1 aliphatic heterocycles. The van der Waals surface area contributed by atoms with Gasteiger partial charge in [0.1, 0.15) is 0 Å². The summed E-state index contributed by atoms with van der Waals surface area (Å²) >= 11 is 0. The summed E-state index contributed by atoms with van der Waals surface area (Å²) in [5.41, 5.74) is 1.36. The van der Waals surface area contributed by atoms with E-state index in [1.165, 1.54) is 11.8 Å². The molecule has 25 heavy (non-hydrogen) atoms. The van der Waals surface area contributed by atoms with E-state index in [4.69, 9.17) is 0 Å². The predicted molar refractivity (Wildman–Crippen MR) is 94.9 cm³/mol. The van der Waals surface area contributed by atoms with E-state index < -0.39 is 0 Å². The van der Waals surface area contributed by atoms with Crippen LogP contribution in [-0.2, 0) is 4.79 Å². The molecule has 0 atom stereocenters. The maximum atomic E-state index is 12.2. The molecule has 2 aromatic rings. The number of nitrogens with one attached hydrogen (secondary N) is 2. The zero-order chi connectivity index (χ0) is 17.6.